The highest BCUT2D eigenvalue weighted by atomic mass is 16.5. The third-order valence-corrected chi connectivity index (χ3v) is 12.5. The van der Waals surface area contributed by atoms with E-state index in [9.17, 15) is 9.90 Å². The molecule has 0 bridgehead atoms. The molecule has 0 aliphatic heterocycles. The Morgan fingerprint density at radius 1 is 0.795 bits per heavy atom. The maximum Gasteiger partial charge on any atom is 0.311 e. The van der Waals surface area contributed by atoms with Crippen molar-refractivity contribution in [1.29, 1.82) is 0 Å². The summed E-state index contributed by atoms with van der Waals surface area (Å²) in [6.45, 7) is 7.37. The molecule has 0 aromatic heterocycles. The van der Waals surface area contributed by atoms with Crippen LogP contribution in [0.5, 0.6) is 0 Å². The number of benzene rings is 3. The third kappa shape index (κ3) is 5.03. The molecule has 0 heterocycles. The number of aliphatic hydroxyl groups is 1. The van der Waals surface area contributed by atoms with Crippen molar-refractivity contribution in [3.8, 4) is 0 Å². The number of carbonyl (C=O) groups excluding carboxylic acids is 1. The van der Waals surface area contributed by atoms with Gasteiger partial charge >= 0.3 is 5.97 Å². The number of rotatable bonds is 8. The van der Waals surface area contributed by atoms with Crippen LogP contribution in [0.3, 0.4) is 0 Å². The molecule has 7 atom stereocenters. The van der Waals surface area contributed by atoms with Crippen LogP contribution in [-0.2, 0) is 19.9 Å². The van der Waals surface area contributed by atoms with Crippen LogP contribution in [-0.4, -0.2) is 30.9 Å². The van der Waals surface area contributed by atoms with Gasteiger partial charge in [0.25, 0.3) is 0 Å². The summed E-state index contributed by atoms with van der Waals surface area (Å²) >= 11 is 0. The summed E-state index contributed by atoms with van der Waals surface area (Å²) in [5.74, 6) is 0.924. The second kappa shape index (κ2) is 12.1. The highest BCUT2D eigenvalue weighted by Gasteiger charge is 2.62. The average Bonchev–Trinajstić information content (AvgIpc) is 3.06. The lowest BCUT2D eigenvalue weighted by Crippen LogP contribution is -2.60. The fourth-order valence-corrected chi connectivity index (χ4v) is 10.1. The number of methoxy groups -OCH3 is 1. The van der Waals surface area contributed by atoms with E-state index in [0.717, 1.165) is 68.1 Å². The van der Waals surface area contributed by atoms with Crippen LogP contribution < -0.4 is 0 Å². The summed E-state index contributed by atoms with van der Waals surface area (Å²) in [5.41, 5.74) is 1.93. The Hall–Kier alpha value is -2.95. The zero-order valence-electron chi connectivity index (χ0n) is 27.0. The molecule has 6 rings (SSSR count). The second-order valence-corrected chi connectivity index (χ2v) is 14.7. The molecule has 44 heavy (non-hydrogen) atoms. The average molecular weight is 595 g/mol. The van der Waals surface area contributed by atoms with Crippen molar-refractivity contribution < 1.29 is 19.4 Å². The van der Waals surface area contributed by atoms with Gasteiger partial charge in [0, 0.05) is 6.61 Å². The van der Waals surface area contributed by atoms with E-state index in [1.807, 2.05) is 0 Å². The lowest BCUT2D eigenvalue weighted by atomic mass is 9.42. The van der Waals surface area contributed by atoms with Gasteiger partial charge in [-0.05, 0) is 97.1 Å². The van der Waals surface area contributed by atoms with Crippen LogP contribution >= 0.6 is 0 Å². The summed E-state index contributed by atoms with van der Waals surface area (Å²) in [4.78, 5) is 13.0. The summed E-state index contributed by atoms with van der Waals surface area (Å²) in [6.07, 6.45) is 7.47. The molecule has 3 saturated carbocycles. The fraction of sp³-hybridized carbons (Fsp3) is 0.525. The summed E-state index contributed by atoms with van der Waals surface area (Å²) in [6, 6.07) is 31.6. The highest BCUT2D eigenvalue weighted by Crippen LogP contribution is 2.65. The molecule has 0 saturated heterocycles. The predicted octanol–water partition coefficient (Wildman–Crippen LogP) is 8.56. The van der Waals surface area contributed by atoms with Gasteiger partial charge in [0.2, 0.25) is 0 Å². The molecule has 4 heteroatoms. The first-order valence-electron chi connectivity index (χ1n) is 16.8. The number of ether oxygens (including phenoxy) is 2. The van der Waals surface area contributed by atoms with Gasteiger partial charge in [-0.15, -0.1) is 0 Å². The molecule has 4 nitrogen and oxygen atoms in total. The zero-order chi connectivity index (χ0) is 31.0. The lowest BCUT2D eigenvalue weighted by molar-refractivity contribution is -0.193. The Kier molecular flexibility index (Phi) is 8.54. The van der Waals surface area contributed by atoms with Crippen molar-refractivity contribution in [1.82, 2.24) is 0 Å². The highest BCUT2D eigenvalue weighted by molar-refractivity contribution is 5.77. The van der Waals surface area contributed by atoms with Gasteiger partial charge in [-0.1, -0.05) is 111 Å². The van der Waals surface area contributed by atoms with E-state index >= 15 is 0 Å². The number of carbonyl (C=O) groups is 1. The molecular formula is C40H50O4. The Labute approximate surface area is 264 Å². The van der Waals surface area contributed by atoms with Crippen molar-refractivity contribution in [3.63, 3.8) is 0 Å². The van der Waals surface area contributed by atoms with Gasteiger partial charge in [-0.3, -0.25) is 4.79 Å². The summed E-state index contributed by atoms with van der Waals surface area (Å²) in [5, 5.41) is 12.1. The van der Waals surface area contributed by atoms with E-state index in [4.69, 9.17) is 9.47 Å². The molecule has 3 aromatic rings. The number of aliphatic hydroxyl groups excluding tert-OH is 1. The SMILES string of the molecule is COC(=O)[C@]1(C)CCC[C@@]2(C)C1CC[C@H]1[C@@H](O)[C@@](C)(CCOC(c3ccccc3)(c3ccccc3)c3ccccc3)CC[C@@H]12. The lowest BCUT2D eigenvalue weighted by Gasteiger charge is -2.63. The Bertz CT molecular complexity index is 1310. The molecule has 1 N–H and O–H groups in total. The molecule has 234 valence electrons. The van der Waals surface area contributed by atoms with Gasteiger partial charge in [0.05, 0.1) is 18.6 Å². The van der Waals surface area contributed by atoms with Gasteiger partial charge in [0.1, 0.15) is 5.60 Å². The molecule has 3 aliphatic rings. The molecule has 0 amide bonds. The van der Waals surface area contributed by atoms with Gasteiger partial charge in [-0.2, -0.15) is 0 Å². The monoisotopic (exact) mass is 594 g/mol. The molecule has 0 spiro atoms. The largest absolute Gasteiger partial charge is 0.469 e. The van der Waals surface area contributed by atoms with Crippen LogP contribution in [0.2, 0.25) is 0 Å². The first kappa shape index (κ1) is 31.0. The second-order valence-electron chi connectivity index (χ2n) is 14.7. The molecule has 1 unspecified atom stereocenters. The maximum absolute atomic E-state index is 13.0. The number of fused-ring (bicyclic) bond motifs is 3. The number of hydrogen-bond donors (Lipinski definition) is 1. The molecule has 3 aromatic carbocycles. The van der Waals surface area contributed by atoms with Gasteiger partial charge in [0.15, 0.2) is 0 Å². The quantitative estimate of drug-likeness (QED) is 0.210. The Morgan fingerprint density at radius 3 is 1.86 bits per heavy atom. The molecule has 3 aliphatic carbocycles. The van der Waals surface area contributed by atoms with Crippen molar-refractivity contribution in [2.45, 2.75) is 83.8 Å². The normalized spacial score (nSPS) is 33.6. The fourth-order valence-electron chi connectivity index (χ4n) is 10.1. The van der Waals surface area contributed by atoms with E-state index in [1.54, 1.807) is 0 Å². The minimum atomic E-state index is -0.756. The standard InChI is InChI=1S/C40H50O4/c1-37(26-23-33-32(35(37)41)21-22-34-38(33,2)24-14-25-39(34,3)36(42)43-4)27-28-44-40(29-15-8-5-9-16-29,30-17-10-6-11-18-30)31-19-12-7-13-20-31/h5-13,15-20,32-35,41H,14,21-28H2,1-4H3/t32-,33+,34?,35-,37-,38-,39-/m1/s1. The molecule has 0 radical (unpaired) electrons. The molecular weight excluding hydrogens is 544 g/mol. The third-order valence-electron chi connectivity index (χ3n) is 12.5. The van der Waals surface area contributed by atoms with E-state index in [0.29, 0.717) is 18.4 Å². The number of hydrogen-bond acceptors (Lipinski definition) is 4. The van der Waals surface area contributed by atoms with Crippen molar-refractivity contribution in [3.05, 3.63) is 108 Å². The first-order chi connectivity index (χ1) is 21.2. The zero-order valence-corrected chi connectivity index (χ0v) is 27.0. The molecule has 3 fully saturated rings. The van der Waals surface area contributed by atoms with Crippen molar-refractivity contribution >= 4 is 5.97 Å². The van der Waals surface area contributed by atoms with E-state index in [2.05, 4.69) is 112 Å². The van der Waals surface area contributed by atoms with Crippen LogP contribution in [0.4, 0.5) is 0 Å². The smallest absolute Gasteiger partial charge is 0.311 e. The van der Waals surface area contributed by atoms with E-state index < -0.39 is 17.1 Å². The first-order valence-corrected chi connectivity index (χ1v) is 16.8. The summed E-state index contributed by atoms with van der Waals surface area (Å²) in [7, 11) is 1.53. The minimum absolute atomic E-state index is 0.0476. The van der Waals surface area contributed by atoms with Gasteiger partial charge in [-0.25, -0.2) is 0 Å². The maximum atomic E-state index is 13.0. The Balaban J connectivity index is 1.25. The Morgan fingerprint density at radius 2 is 1.34 bits per heavy atom. The topological polar surface area (TPSA) is 55.8 Å². The van der Waals surface area contributed by atoms with Crippen LogP contribution in [0.15, 0.2) is 91.0 Å². The van der Waals surface area contributed by atoms with Crippen LogP contribution in [0.1, 0.15) is 88.8 Å². The van der Waals surface area contributed by atoms with Crippen molar-refractivity contribution in [2.24, 2.45) is 34.0 Å². The van der Waals surface area contributed by atoms with Crippen molar-refractivity contribution in [2.75, 3.05) is 13.7 Å². The predicted molar refractivity (Wildman–Crippen MR) is 175 cm³/mol. The van der Waals surface area contributed by atoms with Gasteiger partial charge < -0.3 is 14.6 Å². The van der Waals surface area contributed by atoms with Crippen LogP contribution in [0, 0.1) is 34.0 Å². The van der Waals surface area contributed by atoms with E-state index in [-0.39, 0.29) is 22.7 Å². The number of esters is 1. The van der Waals surface area contributed by atoms with Crippen LogP contribution in [0.25, 0.3) is 0 Å². The van der Waals surface area contributed by atoms with E-state index in [1.165, 1.54) is 7.11 Å². The minimum Gasteiger partial charge on any atom is -0.469 e. The summed E-state index contributed by atoms with van der Waals surface area (Å²) < 4.78 is 12.5.